The number of aromatic nitrogens is 2. The summed E-state index contributed by atoms with van der Waals surface area (Å²) in [6.45, 7) is 4.56. The van der Waals surface area contributed by atoms with E-state index in [-0.39, 0.29) is 5.91 Å². The van der Waals surface area contributed by atoms with E-state index in [4.69, 9.17) is 22.4 Å². The Morgan fingerprint density at radius 3 is 2.41 bits per heavy atom. The fourth-order valence-corrected chi connectivity index (χ4v) is 3.86. The third-order valence-corrected chi connectivity index (χ3v) is 5.89. The van der Waals surface area contributed by atoms with Crippen LogP contribution in [0.15, 0.2) is 72.8 Å². The number of anilines is 1. The third kappa shape index (κ3) is 4.68. The molecular formula is C26H25ClN4O. The van der Waals surface area contributed by atoms with Crippen molar-refractivity contribution < 1.29 is 4.79 Å². The van der Waals surface area contributed by atoms with Gasteiger partial charge in [-0.1, -0.05) is 54.1 Å². The van der Waals surface area contributed by atoms with Crippen LogP contribution in [0.2, 0.25) is 5.02 Å². The van der Waals surface area contributed by atoms with Gasteiger partial charge in [0, 0.05) is 29.8 Å². The van der Waals surface area contributed by atoms with Gasteiger partial charge >= 0.3 is 0 Å². The lowest BCUT2D eigenvalue weighted by molar-refractivity contribution is 0.0951. The number of halogens is 1. The van der Waals surface area contributed by atoms with Gasteiger partial charge in [-0.15, -0.1) is 0 Å². The van der Waals surface area contributed by atoms with Crippen molar-refractivity contribution in [1.82, 2.24) is 15.1 Å². The predicted octanol–water partition coefficient (Wildman–Crippen LogP) is 5.25. The fourth-order valence-electron chi connectivity index (χ4n) is 3.69. The van der Waals surface area contributed by atoms with Crippen molar-refractivity contribution in [3.63, 3.8) is 0 Å². The lowest BCUT2D eigenvalue weighted by atomic mass is 10.0. The number of hydrogen-bond donors (Lipinski definition) is 2. The maximum atomic E-state index is 12.5. The molecule has 0 saturated heterocycles. The maximum absolute atomic E-state index is 12.5. The molecule has 4 aromatic rings. The van der Waals surface area contributed by atoms with Crippen molar-refractivity contribution in [3.05, 3.63) is 111 Å². The van der Waals surface area contributed by atoms with Gasteiger partial charge in [0.15, 0.2) is 0 Å². The molecular weight excluding hydrogens is 420 g/mol. The monoisotopic (exact) mass is 444 g/mol. The lowest BCUT2D eigenvalue weighted by Gasteiger charge is -2.08. The first-order valence-corrected chi connectivity index (χ1v) is 10.8. The highest BCUT2D eigenvalue weighted by atomic mass is 35.5. The van der Waals surface area contributed by atoms with Crippen molar-refractivity contribution in [2.75, 3.05) is 5.73 Å². The molecule has 0 bridgehead atoms. The number of nitrogens with zero attached hydrogens (tertiary/aromatic N) is 2. The zero-order chi connectivity index (χ0) is 22.7. The summed E-state index contributed by atoms with van der Waals surface area (Å²) in [6, 6.07) is 23.1. The SMILES string of the molecule is Cc1nn(-c2ccc(N)c(Cl)c2)c(C)c1Cc1ccc(C(=O)NCc2ccccc2)cc1. The minimum atomic E-state index is -0.0826. The summed E-state index contributed by atoms with van der Waals surface area (Å²) in [7, 11) is 0. The second-order valence-electron chi connectivity index (χ2n) is 7.81. The van der Waals surface area contributed by atoms with E-state index >= 15 is 0 Å². The first-order valence-electron chi connectivity index (χ1n) is 10.4. The average molecular weight is 445 g/mol. The number of nitrogen functional groups attached to an aromatic ring is 1. The molecule has 4 rings (SSSR count). The van der Waals surface area contributed by atoms with Gasteiger partial charge in [0.25, 0.3) is 5.91 Å². The van der Waals surface area contributed by atoms with Crippen molar-refractivity contribution >= 4 is 23.2 Å². The van der Waals surface area contributed by atoms with E-state index in [1.54, 1.807) is 6.07 Å². The molecule has 0 aliphatic heterocycles. The summed E-state index contributed by atoms with van der Waals surface area (Å²) >= 11 is 6.19. The summed E-state index contributed by atoms with van der Waals surface area (Å²) in [6.07, 6.45) is 0.728. The Morgan fingerprint density at radius 2 is 1.72 bits per heavy atom. The van der Waals surface area contributed by atoms with E-state index in [0.29, 0.717) is 22.8 Å². The summed E-state index contributed by atoms with van der Waals surface area (Å²) in [5.41, 5.74) is 13.2. The van der Waals surface area contributed by atoms with Gasteiger partial charge in [-0.3, -0.25) is 4.79 Å². The van der Waals surface area contributed by atoms with Crippen LogP contribution in [0.1, 0.15) is 38.4 Å². The summed E-state index contributed by atoms with van der Waals surface area (Å²) in [5, 5.41) is 8.17. The second kappa shape index (κ2) is 9.28. The van der Waals surface area contributed by atoms with Crippen LogP contribution in [0.3, 0.4) is 0 Å². The molecule has 0 saturated carbocycles. The summed E-state index contributed by atoms with van der Waals surface area (Å²) < 4.78 is 1.89. The van der Waals surface area contributed by atoms with Crippen molar-refractivity contribution in [2.24, 2.45) is 0 Å². The average Bonchev–Trinajstić information content (AvgIpc) is 3.09. The van der Waals surface area contributed by atoms with E-state index in [9.17, 15) is 4.79 Å². The molecule has 0 atom stereocenters. The van der Waals surface area contributed by atoms with Crippen LogP contribution >= 0.6 is 11.6 Å². The molecule has 3 N–H and O–H groups in total. The summed E-state index contributed by atoms with van der Waals surface area (Å²) in [4.78, 5) is 12.5. The zero-order valence-corrected chi connectivity index (χ0v) is 18.9. The number of benzene rings is 3. The number of hydrogen-bond acceptors (Lipinski definition) is 3. The Balaban J connectivity index is 1.47. The molecule has 0 spiro atoms. The van der Waals surface area contributed by atoms with Crippen LogP contribution in [0, 0.1) is 13.8 Å². The highest BCUT2D eigenvalue weighted by molar-refractivity contribution is 6.33. The van der Waals surface area contributed by atoms with E-state index < -0.39 is 0 Å². The van der Waals surface area contributed by atoms with Crippen molar-refractivity contribution in [3.8, 4) is 5.69 Å². The summed E-state index contributed by atoms with van der Waals surface area (Å²) in [5.74, 6) is -0.0826. The Morgan fingerprint density at radius 1 is 1.00 bits per heavy atom. The molecule has 5 nitrogen and oxygen atoms in total. The fraction of sp³-hybridized carbons (Fsp3) is 0.154. The number of rotatable bonds is 6. The van der Waals surface area contributed by atoms with Crippen LogP contribution < -0.4 is 11.1 Å². The minimum Gasteiger partial charge on any atom is -0.398 e. The Kier molecular flexibility index (Phi) is 6.28. The van der Waals surface area contributed by atoms with E-state index in [1.807, 2.05) is 85.3 Å². The highest BCUT2D eigenvalue weighted by Gasteiger charge is 2.14. The number of amides is 1. The molecule has 1 aromatic heterocycles. The van der Waals surface area contributed by atoms with Crippen LogP contribution in [0.5, 0.6) is 0 Å². The van der Waals surface area contributed by atoms with Crippen LogP contribution in [0.25, 0.3) is 5.69 Å². The molecule has 0 aliphatic rings. The molecule has 0 radical (unpaired) electrons. The molecule has 3 aromatic carbocycles. The van der Waals surface area contributed by atoms with Crippen molar-refractivity contribution in [2.45, 2.75) is 26.8 Å². The Bertz CT molecular complexity index is 1250. The van der Waals surface area contributed by atoms with E-state index in [2.05, 4.69) is 5.32 Å². The number of nitrogens with one attached hydrogen (secondary N) is 1. The molecule has 6 heteroatoms. The quantitative estimate of drug-likeness (QED) is 0.399. The van der Waals surface area contributed by atoms with Gasteiger partial charge in [-0.25, -0.2) is 4.68 Å². The Labute approximate surface area is 192 Å². The second-order valence-corrected chi connectivity index (χ2v) is 8.22. The van der Waals surface area contributed by atoms with E-state index in [1.165, 1.54) is 0 Å². The minimum absolute atomic E-state index is 0.0826. The van der Waals surface area contributed by atoms with Gasteiger partial charge in [-0.05, 0) is 55.3 Å². The van der Waals surface area contributed by atoms with Crippen LogP contribution in [-0.2, 0) is 13.0 Å². The zero-order valence-electron chi connectivity index (χ0n) is 18.1. The maximum Gasteiger partial charge on any atom is 0.251 e. The van der Waals surface area contributed by atoms with Gasteiger partial charge in [0.05, 0.1) is 22.1 Å². The standard InChI is InChI=1S/C26H25ClN4O/c1-17-23(18(2)31(30-17)22-12-13-25(28)24(27)15-22)14-19-8-10-21(11-9-19)26(32)29-16-20-6-4-3-5-7-20/h3-13,15H,14,16,28H2,1-2H3,(H,29,32). The van der Waals surface area contributed by atoms with Crippen LogP contribution in [0.4, 0.5) is 5.69 Å². The molecule has 32 heavy (non-hydrogen) atoms. The van der Waals surface area contributed by atoms with Gasteiger partial charge in [-0.2, -0.15) is 5.10 Å². The molecule has 0 aliphatic carbocycles. The highest BCUT2D eigenvalue weighted by Crippen LogP contribution is 2.25. The topological polar surface area (TPSA) is 72.9 Å². The van der Waals surface area contributed by atoms with Gasteiger partial charge < -0.3 is 11.1 Å². The molecule has 0 fully saturated rings. The van der Waals surface area contributed by atoms with Crippen LogP contribution in [-0.4, -0.2) is 15.7 Å². The number of carbonyl (C=O) groups is 1. The molecule has 1 heterocycles. The Hall–Kier alpha value is -3.57. The lowest BCUT2D eigenvalue weighted by Crippen LogP contribution is -2.22. The molecule has 0 unspecified atom stereocenters. The van der Waals surface area contributed by atoms with E-state index in [0.717, 1.165) is 40.2 Å². The number of nitrogens with two attached hydrogens (primary N) is 1. The number of aryl methyl sites for hydroxylation is 1. The third-order valence-electron chi connectivity index (χ3n) is 5.56. The normalized spacial score (nSPS) is 10.8. The molecule has 1 amide bonds. The van der Waals surface area contributed by atoms with Gasteiger partial charge in [0.1, 0.15) is 0 Å². The smallest absolute Gasteiger partial charge is 0.251 e. The largest absolute Gasteiger partial charge is 0.398 e. The first-order chi connectivity index (χ1) is 15.4. The first kappa shape index (κ1) is 21.7. The van der Waals surface area contributed by atoms with Crippen molar-refractivity contribution in [1.29, 1.82) is 0 Å². The van der Waals surface area contributed by atoms with Gasteiger partial charge in [0.2, 0.25) is 0 Å². The predicted molar refractivity (Wildman–Crippen MR) is 129 cm³/mol. The number of carbonyl (C=O) groups excluding carboxylic acids is 1. The molecule has 162 valence electrons.